The lowest BCUT2D eigenvalue weighted by molar-refractivity contribution is -0.164. The summed E-state index contributed by atoms with van der Waals surface area (Å²) in [6, 6.07) is 7.06. The average Bonchev–Trinajstić information content (AvgIpc) is 2.34. The van der Waals surface area contributed by atoms with E-state index in [1.54, 1.807) is 24.3 Å². The van der Waals surface area contributed by atoms with Crippen molar-refractivity contribution in [2.24, 2.45) is 0 Å². The molecule has 0 bridgehead atoms. The van der Waals surface area contributed by atoms with Crippen molar-refractivity contribution in [1.29, 1.82) is 0 Å². The maximum absolute atomic E-state index is 10.7. The lowest BCUT2D eigenvalue weighted by Gasteiger charge is -2.04. The number of carbonyl (C=O) groups is 2. The molecule has 0 aromatic heterocycles. The summed E-state index contributed by atoms with van der Waals surface area (Å²) in [7, 11) is 0. The molecule has 0 amide bonds. The Morgan fingerprint density at radius 3 is 2.18 bits per heavy atom. The molecule has 1 aromatic carbocycles. The van der Waals surface area contributed by atoms with Crippen LogP contribution in [0.25, 0.3) is 0 Å². The highest BCUT2D eigenvalue weighted by atomic mass is 16.6. The zero-order valence-corrected chi connectivity index (χ0v) is 9.09. The fourth-order valence-electron chi connectivity index (χ4n) is 1.10. The largest absolute Gasteiger partial charge is 0.497 e. The smallest absolute Gasteiger partial charge is 0.417 e. The van der Waals surface area contributed by atoms with Gasteiger partial charge in [-0.1, -0.05) is 30.8 Å². The Morgan fingerprint density at radius 2 is 1.71 bits per heavy atom. The van der Waals surface area contributed by atoms with Crippen LogP contribution in [0.3, 0.4) is 0 Å². The monoisotopic (exact) mass is 236 g/mol. The minimum absolute atomic E-state index is 0.0618. The van der Waals surface area contributed by atoms with Crippen LogP contribution in [0.4, 0.5) is 0 Å². The van der Waals surface area contributed by atoms with Crippen LogP contribution in [-0.2, 0) is 32.3 Å². The third kappa shape index (κ3) is 4.38. The van der Waals surface area contributed by atoms with Gasteiger partial charge in [0, 0.05) is 0 Å². The van der Waals surface area contributed by atoms with E-state index in [0.717, 1.165) is 5.56 Å². The number of hydrogen-bond acceptors (Lipinski definition) is 4. The van der Waals surface area contributed by atoms with Gasteiger partial charge in [-0.2, -0.15) is 0 Å². The molecule has 0 fully saturated rings. The molecule has 17 heavy (non-hydrogen) atoms. The Labute approximate surface area is 98.3 Å². The van der Waals surface area contributed by atoms with E-state index in [-0.39, 0.29) is 6.61 Å². The van der Waals surface area contributed by atoms with Gasteiger partial charge in [0.05, 0.1) is 6.26 Å². The van der Waals surface area contributed by atoms with Gasteiger partial charge >= 0.3 is 11.9 Å². The number of ether oxygens (including phenoxy) is 2. The van der Waals surface area contributed by atoms with E-state index in [9.17, 15) is 9.59 Å². The molecule has 0 spiro atoms. The minimum atomic E-state index is -1.60. The summed E-state index contributed by atoms with van der Waals surface area (Å²) in [5.74, 6) is -2.86. The normalized spacial score (nSPS) is 9.41. The second-order valence-corrected chi connectivity index (χ2v) is 3.18. The van der Waals surface area contributed by atoms with Gasteiger partial charge in [0.25, 0.3) is 0 Å². The molecule has 0 saturated carbocycles. The van der Waals surface area contributed by atoms with E-state index in [4.69, 9.17) is 9.84 Å². The van der Waals surface area contributed by atoms with Crippen molar-refractivity contribution in [2.75, 3.05) is 0 Å². The zero-order valence-electron chi connectivity index (χ0n) is 9.09. The average molecular weight is 236 g/mol. The van der Waals surface area contributed by atoms with E-state index in [1.807, 2.05) is 0 Å². The third-order valence-corrected chi connectivity index (χ3v) is 1.94. The number of carboxylic acid groups (broad SMARTS) is 1. The highest BCUT2D eigenvalue weighted by molar-refractivity contribution is 6.28. The standard InChI is InChI=1S/C12H12O5/c1-2-16-7-9-3-5-10(6-4-9)8-17-12(15)11(13)14/h2-6H,1,7-8H2,(H,13,14). The lowest BCUT2D eigenvalue weighted by atomic mass is 10.1. The number of esters is 1. The molecule has 90 valence electrons. The first-order valence-electron chi connectivity index (χ1n) is 4.84. The van der Waals surface area contributed by atoms with Crippen LogP contribution in [-0.4, -0.2) is 17.0 Å². The predicted octanol–water partition coefficient (Wildman–Crippen LogP) is 1.47. The summed E-state index contributed by atoms with van der Waals surface area (Å²) in [6.45, 7) is 3.78. The molecule has 5 nitrogen and oxygen atoms in total. The summed E-state index contributed by atoms with van der Waals surface area (Å²) < 4.78 is 9.51. The van der Waals surface area contributed by atoms with Gasteiger partial charge in [-0.15, -0.1) is 0 Å². The molecule has 0 aliphatic heterocycles. The molecule has 0 heterocycles. The molecule has 1 rings (SSSR count). The number of aliphatic carboxylic acids is 1. The van der Waals surface area contributed by atoms with Crippen molar-refractivity contribution in [3.05, 3.63) is 48.2 Å². The number of benzene rings is 1. The Bertz CT molecular complexity index is 407. The summed E-state index contributed by atoms with van der Waals surface area (Å²) >= 11 is 0. The minimum Gasteiger partial charge on any atom is -0.497 e. The molecular weight excluding hydrogens is 224 g/mol. The van der Waals surface area contributed by atoms with Gasteiger partial charge in [-0.3, -0.25) is 0 Å². The maximum atomic E-state index is 10.7. The van der Waals surface area contributed by atoms with Gasteiger partial charge in [-0.25, -0.2) is 9.59 Å². The second-order valence-electron chi connectivity index (χ2n) is 3.18. The topological polar surface area (TPSA) is 72.8 Å². The first-order chi connectivity index (χ1) is 8.13. The Kier molecular flexibility index (Phi) is 4.75. The van der Waals surface area contributed by atoms with Gasteiger partial charge in [0.1, 0.15) is 13.2 Å². The van der Waals surface area contributed by atoms with E-state index in [2.05, 4.69) is 11.3 Å². The van der Waals surface area contributed by atoms with Crippen LogP contribution in [0, 0.1) is 0 Å². The van der Waals surface area contributed by atoms with E-state index in [1.165, 1.54) is 6.26 Å². The Balaban J connectivity index is 2.48. The number of rotatable bonds is 5. The molecule has 0 saturated heterocycles. The zero-order chi connectivity index (χ0) is 12.7. The van der Waals surface area contributed by atoms with Crippen LogP contribution in [0.2, 0.25) is 0 Å². The highest BCUT2D eigenvalue weighted by Crippen LogP contribution is 2.07. The van der Waals surface area contributed by atoms with Gasteiger partial charge < -0.3 is 14.6 Å². The van der Waals surface area contributed by atoms with Crippen molar-refractivity contribution in [1.82, 2.24) is 0 Å². The molecule has 0 radical (unpaired) electrons. The quantitative estimate of drug-likeness (QED) is 0.476. The van der Waals surface area contributed by atoms with Crippen LogP contribution in [0.15, 0.2) is 37.1 Å². The molecule has 5 heteroatoms. The van der Waals surface area contributed by atoms with Crippen molar-refractivity contribution >= 4 is 11.9 Å². The van der Waals surface area contributed by atoms with Crippen molar-refractivity contribution in [3.8, 4) is 0 Å². The maximum Gasteiger partial charge on any atom is 0.417 e. The first kappa shape index (κ1) is 12.8. The van der Waals surface area contributed by atoms with Crippen LogP contribution in [0.1, 0.15) is 11.1 Å². The summed E-state index contributed by atoms with van der Waals surface area (Å²) in [6.07, 6.45) is 1.35. The second kappa shape index (κ2) is 6.32. The number of carbonyl (C=O) groups excluding carboxylic acids is 1. The SMILES string of the molecule is C=COCc1ccc(COC(=O)C(=O)O)cc1. The predicted molar refractivity (Wildman–Crippen MR) is 58.9 cm³/mol. The molecule has 0 atom stereocenters. The lowest BCUT2D eigenvalue weighted by Crippen LogP contribution is -2.15. The van der Waals surface area contributed by atoms with Crippen molar-refractivity contribution in [3.63, 3.8) is 0 Å². The molecule has 1 aromatic rings. The van der Waals surface area contributed by atoms with Gasteiger partial charge in [0.15, 0.2) is 0 Å². The van der Waals surface area contributed by atoms with Crippen LogP contribution < -0.4 is 0 Å². The first-order valence-corrected chi connectivity index (χ1v) is 4.84. The Morgan fingerprint density at radius 1 is 1.18 bits per heavy atom. The molecule has 0 aliphatic rings. The fraction of sp³-hybridized carbons (Fsp3) is 0.167. The van der Waals surface area contributed by atoms with Gasteiger partial charge in [0.2, 0.25) is 0 Å². The van der Waals surface area contributed by atoms with Crippen LogP contribution in [0.5, 0.6) is 0 Å². The summed E-state index contributed by atoms with van der Waals surface area (Å²) in [4.78, 5) is 20.9. The fourth-order valence-corrected chi connectivity index (χ4v) is 1.10. The van der Waals surface area contributed by atoms with Gasteiger partial charge in [-0.05, 0) is 11.1 Å². The molecule has 1 N–H and O–H groups in total. The van der Waals surface area contributed by atoms with Crippen molar-refractivity contribution in [2.45, 2.75) is 13.2 Å². The summed E-state index contributed by atoms with van der Waals surface area (Å²) in [5.41, 5.74) is 1.65. The van der Waals surface area contributed by atoms with Crippen LogP contribution >= 0.6 is 0 Å². The summed E-state index contributed by atoms with van der Waals surface area (Å²) in [5, 5.41) is 8.30. The third-order valence-electron chi connectivity index (χ3n) is 1.94. The number of carboxylic acids is 1. The molecule has 0 unspecified atom stereocenters. The van der Waals surface area contributed by atoms with E-state index in [0.29, 0.717) is 12.2 Å². The molecule has 0 aliphatic carbocycles. The molecular formula is C12H12O5. The van der Waals surface area contributed by atoms with E-state index < -0.39 is 11.9 Å². The Hall–Kier alpha value is -2.30. The van der Waals surface area contributed by atoms with Crippen molar-refractivity contribution < 1.29 is 24.2 Å². The number of hydrogen-bond donors (Lipinski definition) is 1. The highest BCUT2D eigenvalue weighted by Gasteiger charge is 2.12. The van der Waals surface area contributed by atoms with E-state index >= 15 is 0 Å².